The fourth-order valence-electron chi connectivity index (χ4n) is 3.25. The van der Waals surface area contributed by atoms with Gasteiger partial charge in [-0.2, -0.15) is 5.10 Å². The number of nitrogens with zero attached hydrogens (tertiary/aromatic N) is 5. The molecule has 2 aromatic heterocycles. The van der Waals surface area contributed by atoms with Crippen molar-refractivity contribution >= 4 is 11.7 Å². The molecular formula is C15H19N7O2. The number of aliphatic hydroxyl groups excluding tert-OH is 1. The van der Waals surface area contributed by atoms with E-state index < -0.39 is 0 Å². The second-order valence-corrected chi connectivity index (χ2v) is 6.36. The van der Waals surface area contributed by atoms with Gasteiger partial charge in [0.2, 0.25) is 5.82 Å². The number of rotatable bonds is 4. The minimum Gasteiger partial charge on any atom is -0.391 e. The Balaban J connectivity index is 1.34. The van der Waals surface area contributed by atoms with Gasteiger partial charge in [-0.05, 0) is 19.3 Å². The van der Waals surface area contributed by atoms with E-state index in [1.54, 1.807) is 6.33 Å². The van der Waals surface area contributed by atoms with Crippen LogP contribution in [0, 0.1) is 0 Å². The van der Waals surface area contributed by atoms with Crippen molar-refractivity contribution in [1.82, 2.24) is 30.5 Å². The fourth-order valence-corrected chi connectivity index (χ4v) is 3.25. The molecule has 0 unspecified atom stereocenters. The maximum atomic E-state index is 11.9. The van der Waals surface area contributed by atoms with E-state index in [0.29, 0.717) is 12.5 Å². The summed E-state index contributed by atoms with van der Waals surface area (Å²) in [6.45, 7) is 1.44. The first-order chi connectivity index (χ1) is 11.7. The number of aliphatic hydroxyl groups is 1. The first-order valence-electron chi connectivity index (χ1n) is 8.10. The highest BCUT2D eigenvalue weighted by Gasteiger charge is 2.33. The Morgan fingerprint density at radius 3 is 2.88 bits per heavy atom. The van der Waals surface area contributed by atoms with Crippen LogP contribution in [-0.2, 0) is 0 Å². The summed E-state index contributed by atoms with van der Waals surface area (Å²) in [6, 6.07) is 2.12. The van der Waals surface area contributed by atoms with Gasteiger partial charge in [-0.25, -0.2) is 15.0 Å². The van der Waals surface area contributed by atoms with Crippen LogP contribution in [0.25, 0.3) is 0 Å². The Morgan fingerprint density at radius 2 is 2.17 bits per heavy atom. The number of hydrogen-bond donors (Lipinski definition) is 3. The molecule has 4 rings (SSSR count). The van der Waals surface area contributed by atoms with Gasteiger partial charge in [-0.15, -0.1) is 0 Å². The van der Waals surface area contributed by atoms with Gasteiger partial charge in [-0.1, -0.05) is 0 Å². The van der Waals surface area contributed by atoms with Crippen LogP contribution in [0.4, 0.5) is 5.82 Å². The Hall–Kier alpha value is -2.55. The third kappa shape index (κ3) is 2.94. The summed E-state index contributed by atoms with van der Waals surface area (Å²) in [7, 11) is 0. The van der Waals surface area contributed by atoms with Crippen LogP contribution >= 0.6 is 0 Å². The Kier molecular flexibility index (Phi) is 3.85. The minimum atomic E-state index is -0.275. The van der Waals surface area contributed by atoms with Crippen molar-refractivity contribution in [3.05, 3.63) is 30.2 Å². The van der Waals surface area contributed by atoms with Crippen molar-refractivity contribution in [1.29, 1.82) is 0 Å². The molecule has 3 N–H and O–H groups in total. The van der Waals surface area contributed by atoms with Gasteiger partial charge in [0, 0.05) is 36.8 Å². The zero-order valence-corrected chi connectivity index (χ0v) is 13.1. The largest absolute Gasteiger partial charge is 0.391 e. The average Bonchev–Trinajstić information content (AvgIpc) is 3.22. The Morgan fingerprint density at radius 1 is 1.29 bits per heavy atom. The molecule has 1 amide bonds. The lowest BCUT2D eigenvalue weighted by Gasteiger charge is -2.35. The lowest BCUT2D eigenvalue weighted by atomic mass is 9.78. The number of hydrogen-bond acceptors (Lipinski definition) is 7. The molecule has 0 radical (unpaired) electrons. The van der Waals surface area contributed by atoms with E-state index in [1.807, 2.05) is 6.07 Å². The van der Waals surface area contributed by atoms with Gasteiger partial charge in [0.15, 0.2) is 0 Å². The molecule has 1 saturated heterocycles. The number of β-amino-alcohol motifs (C(OH)–C–C–N with tert-alkyl or cyclic N) is 1. The van der Waals surface area contributed by atoms with Crippen LogP contribution in [0.3, 0.4) is 0 Å². The molecule has 2 fully saturated rings. The zero-order chi connectivity index (χ0) is 16.5. The molecule has 1 aliphatic carbocycles. The van der Waals surface area contributed by atoms with Crippen molar-refractivity contribution in [2.75, 3.05) is 18.0 Å². The molecule has 24 heavy (non-hydrogen) atoms. The molecule has 1 aliphatic heterocycles. The van der Waals surface area contributed by atoms with Gasteiger partial charge in [0.1, 0.15) is 18.5 Å². The number of anilines is 1. The number of aromatic amines is 1. The Bertz CT molecular complexity index is 714. The van der Waals surface area contributed by atoms with Gasteiger partial charge in [0.05, 0.1) is 6.10 Å². The van der Waals surface area contributed by atoms with Crippen molar-refractivity contribution < 1.29 is 9.90 Å². The highest BCUT2D eigenvalue weighted by molar-refractivity contribution is 5.90. The van der Waals surface area contributed by atoms with Crippen molar-refractivity contribution in [3.8, 4) is 0 Å². The minimum absolute atomic E-state index is 0.125. The molecule has 126 valence electrons. The first kappa shape index (κ1) is 15.0. The molecule has 9 heteroatoms. The summed E-state index contributed by atoms with van der Waals surface area (Å²) in [5, 5.41) is 18.8. The van der Waals surface area contributed by atoms with Gasteiger partial charge < -0.3 is 15.3 Å². The van der Waals surface area contributed by atoms with E-state index in [4.69, 9.17) is 0 Å². The van der Waals surface area contributed by atoms with Crippen LogP contribution in [0.2, 0.25) is 0 Å². The number of aromatic nitrogens is 5. The fraction of sp³-hybridized carbons (Fsp3) is 0.533. The van der Waals surface area contributed by atoms with Crippen LogP contribution < -0.4 is 10.2 Å². The predicted molar refractivity (Wildman–Crippen MR) is 84.5 cm³/mol. The first-order valence-corrected chi connectivity index (χ1v) is 8.10. The highest BCUT2D eigenvalue weighted by Crippen LogP contribution is 2.36. The average molecular weight is 329 g/mol. The smallest absolute Gasteiger partial charge is 0.288 e. The second kappa shape index (κ2) is 6.16. The number of H-pyrrole nitrogens is 1. The summed E-state index contributed by atoms with van der Waals surface area (Å²) in [5.41, 5.74) is 0.992. The van der Waals surface area contributed by atoms with Gasteiger partial charge >= 0.3 is 0 Å². The molecule has 9 nitrogen and oxygen atoms in total. The monoisotopic (exact) mass is 329 g/mol. The van der Waals surface area contributed by atoms with Crippen LogP contribution in [0.15, 0.2) is 18.7 Å². The van der Waals surface area contributed by atoms with E-state index >= 15 is 0 Å². The summed E-state index contributed by atoms with van der Waals surface area (Å²) < 4.78 is 0. The van der Waals surface area contributed by atoms with E-state index in [2.05, 4.69) is 35.4 Å². The molecule has 1 atom stereocenters. The molecule has 1 saturated carbocycles. The standard InChI is InChI=1S/C15H19N7O2/c23-11-1-2-22(6-11)13-5-12(16-7-17-13)9-3-10(4-9)20-15(24)14-18-8-19-21-14/h5,7-11,23H,1-4,6H2,(H,20,24)(H,18,19,21)/t9?,10?,11-/m1/s1. The van der Waals surface area contributed by atoms with Crippen LogP contribution in [0.1, 0.15) is 41.5 Å². The van der Waals surface area contributed by atoms with Gasteiger partial charge in [0.25, 0.3) is 5.91 Å². The van der Waals surface area contributed by atoms with E-state index in [1.165, 1.54) is 6.33 Å². The predicted octanol–water partition coefficient (Wildman–Crippen LogP) is -0.158. The lowest BCUT2D eigenvalue weighted by Crippen LogP contribution is -2.44. The quantitative estimate of drug-likeness (QED) is 0.713. The topological polar surface area (TPSA) is 120 Å². The molecule has 3 heterocycles. The lowest BCUT2D eigenvalue weighted by molar-refractivity contribution is 0.0898. The SMILES string of the molecule is O=C(NC1CC(c2cc(N3CC[C@@H](O)C3)ncn2)C1)c1ncn[nH]1. The molecule has 2 aromatic rings. The normalized spacial score (nSPS) is 26.2. The maximum absolute atomic E-state index is 11.9. The highest BCUT2D eigenvalue weighted by atomic mass is 16.3. The third-order valence-electron chi connectivity index (χ3n) is 4.68. The molecule has 0 aromatic carbocycles. The number of carbonyl (C=O) groups is 1. The number of carbonyl (C=O) groups excluding carboxylic acids is 1. The summed E-state index contributed by atoms with van der Waals surface area (Å²) >= 11 is 0. The third-order valence-corrected chi connectivity index (χ3v) is 4.68. The van der Waals surface area contributed by atoms with Crippen LogP contribution in [0.5, 0.6) is 0 Å². The molecule has 0 spiro atoms. The molecule has 0 bridgehead atoms. The van der Waals surface area contributed by atoms with Crippen LogP contribution in [-0.4, -0.2) is 61.4 Å². The molecule has 2 aliphatic rings. The second-order valence-electron chi connectivity index (χ2n) is 6.36. The molecular weight excluding hydrogens is 310 g/mol. The number of amides is 1. The summed E-state index contributed by atoms with van der Waals surface area (Å²) in [6.07, 6.45) is 5.09. The number of nitrogens with one attached hydrogen (secondary N) is 2. The maximum Gasteiger partial charge on any atom is 0.288 e. The zero-order valence-electron chi connectivity index (χ0n) is 13.1. The van der Waals surface area contributed by atoms with Crippen molar-refractivity contribution in [3.63, 3.8) is 0 Å². The summed E-state index contributed by atoms with van der Waals surface area (Å²) in [5.74, 6) is 1.19. The Labute approximate surface area is 138 Å². The summed E-state index contributed by atoms with van der Waals surface area (Å²) in [4.78, 5) is 26.5. The van der Waals surface area contributed by atoms with Gasteiger partial charge in [-0.3, -0.25) is 9.89 Å². The van der Waals surface area contributed by atoms with E-state index in [-0.39, 0.29) is 23.9 Å². The van der Waals surface area contributed by atoms with Crippen molar-refractivity contribution in [2.45, 2.75) is 37.3 Å². The van der Waals surface area contributed by atoms with Crippen molar-refractivity contribution in [2.24, 2.45) is 0 Å². The van der Waals surface area contributed by atoms with E-state index in [9.17, 15) is 9.90 Å². The van der Waals surface area contributed by atoms with E-state index in [0.717, 1.165) is 37.3 Å².